The summed E-state index contributed by atoms with van der Waals surface area (Å²) in [7, 11) is 0. The lowest BCUT2D eigenvalue weighted by atomic mass is 9.83. The fourth-order valence-corrected chi connectivity index (χ4v) is 5.83. The minimum absolute atomic E-state index is 0.207. The van der Waals surface area contributed by atoms with Gasteiger partial charge in [0.05, 0.1) is 12.0 Å². The number of hydrogen-bond donors (Lipinski definition) is 1. The molecule has 3 aromatic carbocycles. The summed E-state index contributed by atoms with van der Waals surface area (Å²) in [5.41, 5.74) is 3.95. The van der Waals surface area contributed by atoms with Crippen molar-refractivity contribution in [3.8, 4) is 5.75 Å². The number of carboxylic acid groups (broad SMARTS) is 1. The molecule has 0 aromatic heterocycles. The van der Waals surface area contributed by atoms with Crippen LogP contribution in [0.4, 0.5) is 0 Å². The first-order valence-electron chi connectivity index (χ1n) is 12.8. The molecule has 3 aromatic rings. The first-order valence-corrected chi connectivity index (χ1v) is 12.8. The monoisotopic (exact) mass is 457 g/mol. The number of nitrogens with zero attached hydrogens (tertiary/aromatic N) is 1. The molecule has 1 saturated heterocycles. The number of benzene rings is 3. The third-order valence-corrected chi connectivity index (χ3v) is 7.88. The molecule has 1 heterocycles. The molecule has 2 fully saturated rings. The molecule has 5 rings (SSSR count). The van der Waals surface area contributed by atoms with Crippen molar-refractivity contribution in [2.75, 3.05) is 13.1 Å². The Bertz CT molecular complexity index is 1130. The van der Waals surface area contributed by atoms with E-state index in [1.54, 1.807) is 0 Å². The van der Waals surface area contributed by atoms with E-state index in [-0.39, 0.29) is 12.0 Å². The molecule has 0 unspecified atom stereocenters. The molecule has 1 aliphatic heterocycles. The zero-order chi connectivity index (χ0) is 23.5. The number of ether oxygens (including phenoxy) is 1. The Morgan fingerprint density at radius 1 is 0.912 bits per heavy atom. The van der Waals surface area contributed by atoms with E-state index >= 15 is 0 Å². The van der Waals surface area contributed by atoms with Crippen LogP contribution in [0.5, 0.6) is 5.75 Å². The zero-order valence-electron chi connectivity index (χ0n) is 20.1. The van der Waals surface area contributed by atoms with Crippen molar-refractivity contribution in [1.82, 2.24) is 4.90 Å². The number of aryl methyl sites for hydroxylation is 1. The third kappa shape index (κ3) is 4.97. The molecule has 4 nitrogen and oxygen atoms in total. The Balaban J connectivity index is 1.34. The molecule has 0 bridgehead atoms. The lowest BCUT2D eigenvalue weighted by molar-refractivity contribution is -0.143. The molecule has 2 aliphatic rings. The minimum Gasteiger partial charge on any atom is -0.490 e. The summed E-state index contributed by atoms with van der Waals surface area (Å²) in [5, 5.41) is 11.9. The highest BCUT2D eigenvalue weighted by Crippen LogP contribution is 2.38. The first kappa shape index (κ1) is 22.9. The number of carbonyl (C=O) groups is 1. The fourth-order valence-electron chi connectivity index (χ4n) is 5.83. The number of likely N-dealkylation sites (tertiary alicyclic amines) is 1. The number of fused-ring (bicyclic) bond motifs is 1. The molecule has 34 heavy (non-hydrogen) atoms. The fraction of sp³-hybridized carbons (Fsp3) is 0.433. The third-order valence-electron chi connectivity index (χ3n) is 7.88. The normalized spacial score (nSPS) is 22.0. The van der Waals surface area contributed by atoms with Crippen molar-refractivity contribution < 1.29 is 14.6 Å². The van der Waals surface area contributed by atoms with Gasteiger partial charge in [0.2, 0.25) is 0 Å². The summed E-state index contributed by atoms with van der Waals surface area (Å²) >= 11 is 0. The van der Waals surface area contributed by atoms with E-state index in [0.29, 0.717) is 5.92 Å². The van der Waals surface area contributed by atoms with Crippen LogP contribution in [0.25, 0.3) is 10.8 Å². The maximum Gasteiger partial charge on any atom is 0.306 e. The molecule has 4 heteroatoms. The average Bonchev–Trinajstić information content (AvgIpc) is 2.88. The molecule has 0 atom stereocenters. The SMILES string of the molecule is Cc1cc(OC2CCC(c3ccccc3)CC2)c(CN2CCC(C(=O)O)CC2)c2ccccc12. The van der Waals surface area contributed by atoms with Crippen molar-refractivity contribution >= 4 is 16.7 Å². The highest BCUT2D eigenvalue weighted by atomic mass is 16.5. The molecule has 0 spiro atoms. The molecule has 1 N–H and O–H groups in total. The Kier molecular flexibility index (Phi) is 6.87. The summed E-state index contributed by atoms with van der Waals surface area (Å²) in [6.45, 7) is 4.62. The lowest BCUT2D eigenvalue weighted by Crippen LogP contribution is -2.36. The van der Waals surface area contributed by atoms with Crippen LogP contribution in [0.15, 0.2) is 60.7 Å². The first-order chi connectivity index (χ1) is 16.6. The second-order valence-corrected chi connectivity index (χ2v) is 10.1. The molecule has 1 saturated carbocycles. The molecule has 178 valence electrons. The van der Waals surface area contributed by atoms with Gasteiger partial charge in [0.25, 0.3) is 0 Å². The number of hydrogen-bond acceptors (Lipinski definition) is 3. The van der Waals surface area contributed by atoms with Crippen molar-refractivity contribution in [1.29, 1.82) is 0 Å². The summed E-state index contributed by atoms with van der Waals surface area (Å²) < 4.78 is 6.74. The quantitative estimate of drug-likeness (QED) is 0.456. The zero-order valence-corrected chi connectivity index (χ0v) is 20.1. The van der Waals surface area contributed by atoms with E-state index in [1.165, 1.54) is 40.3 Å². The molecule has 0 amide bonds. The predicted octanol–water partition coefficient (Wildman–Crippen LogP) is 6.55. The van der Waals surface area contributed by atoms with Gasteiger partial charge in [0, 0.05) is 12.1 Å². The van der Waals surface area contributed by atoms with Crippen LogP contribution in [-0.2, 0) is 11.3 Å². The highest BCUT2D eigenvalue weighted by Gasteiger charge is 2.27. The van der Waals surface area contributed by atoms with Gasteiger partial charge in [-0.05, 0) is 92.4 Å². The standard InChI is InChI=1S/C30H35NO3/c1-21-19-29(34-25-13-11-23(12-14-25)22-7-3-2-4-8-22)28(27-10-6-5-9-26(21)27)20-31-17-15-24(16-18-31)30(32)33/h2-10,19,23-25H,11-18,20H2,1H3,(H,32,33). The largest absolute Gasteiger partial charge is 0.490 e. The van der Waals surface area contributed by atoms with E-state index in [0.717, 1.165) is 51.1 Å². The van der Waals surface area contributed by atoms with Gasteiger partial charge in [-0.2, -0.15) is 0 Å². The molecular formula is C30H35NO3. The van der Waals surface area contributed by atoms with E-state index in [4.69, 9.17) is 4.74 Å². The van der Waals surface area contributed by atoms with Gasteiger partial charge in [-0.1, -0.05) is 54.6 Å². The molecule has 0 radical (unpaired) electrons. The van der Waals surface area contributed by atoms with Crippen LogP contribution in [0.1, 0.15) is 61.1 Å². The lowest BCUT2D eigenvalue weighted by Gasteiger charge is -2.33. The molecule has 1 aliphatic carbocycles. The van der Waals surface area contributed by atoms with Crippen LogP contribution in [-0.4, -0.2) is 35.2 Å². The van der Waals surface area contributed by atoms with Crippen LogP contribution in [0.3, 0.4) is 0 Å². The Morgan fingerprint density at radius 3 is 2.24 bits per heavy atom. The number of rotatable bonds is 6. The Morgan fingerprint density at radius 2 is 1.56 bits per heavy atom. The van der Waals surface area contributed by atoms with Crippen molar-refractivity contribution in [3.05, 3.63) is 77.4 Å². The van der Waals surface area contributed by atoms with Crippen molar-refractivity contribution in [3.63, 3.8) is 0 Å². The maximum absolute atomic E-state index is 11.4. The summed E-state index contributed by atoms with van der Waals surface area (Å²) in [6.07, 6.45) is 6.18. The van der Waals surface area contributed by atoms with Gasteiger partial charge in [0.1, 0.15) is 5.75 Å². The number of piperidine rings is 1. The Hall–Kier alpha value is -2.85. The van der Waals surface area contributed by atoms with E-state index in [9.17, 15) is 9.90 Å². The average molecular weight is 458 g/mol. The van der Waals surface area contributed by atoms with E-state index in [1.807, 2.05) is 0 Å². The van der Waals surface area contributed by atoms with Crippen molar-refractivity contribution in [2.24, 2.45) is 5.92 Å². The van der Waals surface area contributed by atoms with Crippen LogP contribution in [0.2, 0.25) is 0 Å². The van der Waals surface area contributed by atoms with E-state index in [2.05, 4.69) is 72.5 Å². The van der Waals surface area contributed by atoms with Gasteiger partial charge >= 0.3 is 5.97 Å². The topological polar surface area (TPSA) is 49.8 Å². The van der Waals surface area contributed by atoms with Crippen molar-refractivity contribution in [2.45, 2.75) is 64.0 Å². The smallest absolute Gasteiger partial charge is 0.306 e. The molecular weight excluding hydrogens is 422 g/mol. The Labute approximate surface area is 202 Å². The number of carboxylic acids is 1. The van der Waals surface area contributed by atoms with Gasteiger partial charge in [-0.3, -0.25) is 9.69 Å². The summed E-state index contributed by atoms with van der Waals surface area (Å²) in [4.78, 5) is 13.8. The number of aliphatic carboxylic acids is 1. The predicted molar refractivity (Wildman–Crippen MR) is 136 cm³/mol. The minimum atomic E-state index is -0.657. The van der Waals surface area contributed by atoms with Gasteiger partial charge < -0.3 is 9.84 Å². The van der Waals surface area contributed by atoms with Gasteiger partial charge in [-0.25, -0.2) is 0 Å². The van der Waals surface area contributed by atoms with Gasteiger partial charge in [0.15, 0.2) is 0 Å². The summed E-state index contributed by atoms with van der Waals surface area (Å²) in [6, 6.07) is 21.7. The van der Waals surface area contributed by atoms with Crippen LogP contribution in [0, 0.1) is 12.8 Å². The van der Waals surface area contributed by atoms with Gasteiger partial charge in [-0.15, -0.1) is 0 Å². The second-order valence-electron chi connectivity index (χ2n) is 10.1. The van der Waals surface area contributed by atoms with E-state index < -0.39 is 5.97 Å². The maximum atomic E-state index is 11.4. The second kappa shape index (κ2) is 10.2. The highest BCUT2D eigenvalue weighted by molar-refractivity contribution is 5.90. The van der Waals surface area contributed by atoms with Crippen LogP contribution >= 0.6 is 0 Å². The van der Waals surface area contributed by atoms with Crippen LogP contribution < -0.4 is 4.74 Å². The summed E-state index contributed by atoms with van der Waals surface area (Å²) in [5.74, 6) is 0.784.